The molecule has 2 unspecified atom stereocenters. The molecule has 1 fully saturated rings. The lowest BCUT2D eigenvalue weighted by Gasteiger charge is -2.05. The van der Waals surface area contributed by atoms with Crippen molar-refractivity contribution in [1.29, 1.82) is 0 Å². The van der Waals surface area contributed by atoms with Crippen molar-refractivity contribution in [3.8, 4) is 5.75 Å². The number of methoxy groups -OCH3 is 1. The van der Waals surface area contributed by atoms with E-state index in [1.165, 1.54) is 13.5 Å². The van der Waals surface area contributed by atoms with Gasteiger partial charge in [0.15, 0.2) is 11.6 Å². The van der Waals surface area contributed by atoms with Crippen molar-refractivity contribution in [2.45, 2.75) is 19.3 Å². The van der Waals surface area contributed by atoms with Crippen LogP contribution < -0.4 is 10.1 Å². The molecule has 1 N–H and O–H groups in total. The molecule has 1 aromatic rings. The number of hydrogen-bond acceptors (Lipinski definition) is 2. The number of halogens is 1. The Morgan fingerprint density at radius 2 is 2.31 bits per heavy atom. The highest BCUT2D eigenvalue weighted by molar-refractivity contribution is 5.34. The summed E-state index contributed by atoms with van der Waals surface area (Å²) in [5.41, 5.74) is 1.10. The number of ether oxygens (including phenoxy) is 1. The van der Waals surface area contributed by atoms with Crippen molar-refractivity contribution in [1.82, 2.24) is 5.32 Å². The van der Waals surface area contributed by atoms with Crippen molar-refractivity contribution < 1.29 is 9.13 Å². The molecule has 0 radical (unpaired) electrons. The lowest BCUT2D eigenvalue weighted by Crippen LogP contribution is -2.16. The molecule has 88 valence electrons. The predicted octanol–water partition coefficient (Wildman–Crippen LogP) is 2.55. The zero-order valence-electron chi connectivity index (χ0n) is 9.79. The van der Waals surface area contributed by atoms with Gasteiger partial charge in [-0.2, -0.15) is 0 Å². The Morgan fingerprint density at radius 3 is 2.94 bits per heavy atom. The van der Waals surface area contributed by atoms with E-state index in [-0.39, 0.29) is 5.82 Å². The first kappa shape index (κ1) is 11.4. The second-order valence-electron chi connectivity index (χ2n) is 4.30. The van der Waals surface area contributed by atoms with Gasteiger partial charge in [0.2, 0.25) is 0 Å². The molecule has 0 heterocycles. The van der Waals surface area contributed by atoms with E-state index in [0.29, 0.717) is 17.6 Å². The Labute approximate surface area is 95.8 Å². The van der Waals surface area contributed by atoms with Crippen LogP contribution in [0.5, 0.6) is 5.75 Å². The smallest absolute Gasteiger partial charge is 0.165 e. The normalized spacial score (nSPS) is 23.2. The summed E-state index contributed by atoms with van der Waals surface area (Å²) in [6, 6.07) is 5.29. The van der Waals surface area contributed by atoms with Gasteiger partial charge in [0.25, 0.3) is 0 Å². The van der Waals surface area contributed by atoms with Crippen LogP contribution in [0.2, 0.25) is 0 Å². The van der Waals surface area contributed by atoms with Crippen molar-refractivity contribution >= 4 is 0 Å². The summed E-state index contributed by atoms with van der Waals surface area (Å²) in [4.78, 5) is 0. The first-order valence-electron chi connectivity index (χ1n) is 5.80. The van der Waals surface area contributed by atoms with Gasteiger partial charge in [-0.05, 0) is 49.0 Å². The molecule has 16 heavy (non-hydrogen) atoms. The van der Waals surface area contributed by atoms with E-state index in [0.717, 1.165) is 18.7 Å². The summed E-state index contributed by atoms with van der Waals surface area (Å²) in [5, 5.41) is 3.33. The van der Waals surface area contributed by atoms with Gasteiger partial charge >= 0.3 is 0 Å². The third kappa shape index (κ3) is 2.35. The maximum atomic E-state index is 13.5. The molecular weight excluding hydrogens is 205 g/mol. The molecule has 1 aromatic carbocycles. The molecule has 1 aliphatic carbocycles. The van der Waals surface area contributed by atoms with Crippen molar-refractivity contribution in [3.63, 3.8) is 0 Å². The van der Waals surface area contributed by atoms with Gasteiger partial charge < -0.3 is 10.1 Å². The quantitative estimate of drug-likeness (QED) is 0.828. The minimum Gasteiger partial charge on any atom is -0.494 e. The summed E-state index contributed by atoms with van der Waals surface area (Å²) in [6.07, 6.45) is 1.17. The van der Waals surface area contributed by atoms with Gasteiger partial charge in [-0.15, -0.1) is 0 Å². The van der Waals surface area contributed by atoms with Crippen LogP contribution in [0.4, 0.5) is 4.39 Å². The molecule has 3 heteroatoms. The predicted molar refractivity (Wildman–Crippen MR) is 62.3 cm³/mol. The number of hydrogen-bond donors (Lipinski definition) is 1. The molecule has 2 rings (SSSR count). The van der Waals surface area contributed by atoms with Gasteiger partial charge in [0, 0.05) is 0 Å². The minimum atomic E-state index is -0.255. The van der Waals surface area contributed by atoms with E-state index in [1.807, 2.05) is 6.07 Å². The number of rotatable bonds is 5. The van der Waals surface area contributed by atoms with Crippen LogP contribution in [-0.2, 0) is 0 Å². The zero-order valence-corrected chi connectivity index (χ0v) is 9.79. The summed E-state index contributed by atoms with van der Waals surface area (Å²) in [7, 11) is 1.49. The van der Waals surface area contributed by atoms with Gasteiger partial charge in [0.05, 0.1) is 7.11 Å². The van der Waals surface area contributed by atoms with E-state index in [4.69, 9.17) is 4.74 Å². The zero-order chi connectivity index (χ0) is 11.5. The Kier molecular flexibility index (Phi) is 3.44. The summed E-state index contributed by atoms with van der Waals surface area (Å²) in [5.74, 6) is 1.27. The first-order chi connectivity index (χ1) is 7.76. The third-order valence-electron chi connectivity index (χ3n) is 3.18. The minimum absolute atomic E-state index is 0.255. The van der Waals surface area contributed by atoms with Crippen molar-refractivity contribution in [3.05, 3.63) is 29.6 Å². The fourth-order valence-electron chi connectivity index (χ4n) is 2.12. The van der Waals surface area contributed by atoms with Gasteiger partial charge in [0.1, 0.15) is 0 Å². The first-order valence-corrected chi connectivity index (χ1v) is 5.80. The van der Waals surface area contributed by atoms with Crippen LogP contribution >= 0.6 is 0 Å². The van der Waals surface area contributed by atoms with E-state index in [9.17, 15) is 4.39 Å². The monoisotopic (exact) mass is 223 g/mol. The summed E-state index contributed by atoms with van der Waals surface area (Å²) >= 11 is 0. The lowest BCUT2D eigenvalue weighted by molar-refractivity contribution is 0.386. The van der Waals surface area contributed by atoms with Crippen LogP contribution in [0.25, 0.3) is 0 Å². The highest BCUT2D eigenvalue weighted by atomic mass is 19.1. The molecule has 0 amide bonds. The second-order valence-corrected chi connectivity index (χ2v) is 4.30. The molecule has 0 spiro atoms. The summed E-state index contributed by atoms with van der Waals surface area (Å²) in [6.45, 7) is 4.14. The van der Waals surface area contributed by atoms with Gasteiger partial charge in [-0.1, -0.05) is 13.0 Å². The molecular formula is C13H18FNO. The van der Waals surface area contributed by atoms with Crippen LogP contribution in [0.3, 0.4) is 0 Å². The van der Waals surface area contributed by atoms with Crippen molar-refractivity contribution in [2.24, 2.45) is 5.92 Å². The van der Waals surface area contributed by atoms with Crippen LogP contribution in [0, 0.1) is 11.7 Å². The Balaban J connectivity index is 1.99. The van der Waals surface area contributed by atoms with Crippen LogP contribution in [0.15, 0.2) is 18.2 Å². The SMILES string of the molecule is CCNCC1CC1c1ccc(OC)c(F)c1. The molecule has 2 nitrogen and oxygen atoms in total. The number of benzene rings is 1. The van der Waals surface area contributed by atoms with Gasteiger partial charge in [-0.3, -0.25) is 0 Å². The molecule has 1 saturated carbocycles. The molecule has 0 saturated heterocycles. The largest absolute Gasteiger partial charge is 0.494 e. The average molecular weight is 223 g/mol. The second kappa shape index (κ2) is 4.83. The fourth-order valence-corrected chi connectivity index (χ4v) is 2.12. The maximum absolute atomic E-state index is 13.5. The van der Waals surface area contributed by atoms with Crippen molar-refractivity contribution in [2.75, 3.05) is 20.2 Å². The van der Waals surface area contributed by atoms with E-state index < -0.39 is 0 Å². The Bertz CT molecular complexity index is 367. The lowest BCUT2D eigenvalue weighted by atomic mass is 10.1. The third-order valence-corrected chi connectivity index (χ3v) is 3.18. The molecule has 0 bridgehead atoms. The maximum Gasteiger partial charge on any atom is 0.165 e. The average Bonchev–Trinajstić information content (AvgIpc) is 3.05. The Hall–Kier alpha value is -1.09. The van der Waals surface area contributed by atoms with Gasteiger partial charge in [-0.25, -0.2) is 4.39 Å². The topological polar surface area (TPSA) is 21.3 Å². The number of nitrogens with one attached hydrogen (secondary N) is 1. The van der Waals surface area contributed by atoms with E-state index in [1.54, 1.807) is 12.1 Å². The van der Waals surface area contributed by atoms with Crippen LogP contribution in [0.1, 0.15) is 24.8 Å². The van der Waals surface area contributed by atoms with Crippen LogP contribution in [-0.4, -0.2) is 20.2 Å². The highest BCUT2D eigenvalue weighted by Gasteiger charge is 2.37. The Morgan fingerprint density at radius 1 is 1.50 bits per heavy atom. The fraction of sp³-hybridized carbons (Fsp3) is 0.538. The molecule has 1 aliphatic rings. The van der Waals surface area contributed by atoms with E-state index >= 15 is 0 Å². The standard InChI is InChI=1S/C13H18FNO/c1-3-15-8-10-6-11(10)9-4-5-13(16-2)12(14)7-9/h4-5,7,10-11,15H,3,6,8H2,1-2H3. The summed E-state index contributed by atoms with van der Waals surface area (Å²) < 4.78 is 18.4. The molecule has 2 atom stereocenters. The highest BCUT2D eigenvalue weighted by Crippen LogP contribution is 2.47. The van der Waals surface area contributed by atoms with E-state index in [2.05, 4.69) is 12.2 Å². The molecule has 0 aromatic heterocycles. The molecule has 0 aliphatic heterocycles.